The summed E-state index contributed by atoms with van der Waals surface area (Å²) < 4.78 is 0. The van der Waals surface area contributed by atoms with Gasteiger partial charge in [-0.05, 0) is 29.0 Å². The molecule has 1 heteroatoms. The van der Waals surface area contributed by atoms with Gasteiger partial charge in [0.1, 0.15) is 0 Å². The zero-order chi connectivity index (χ0) is 14.3. The average molecular weight is 290 g/mol. The first-order valence-electron chi connectivity index (χ1n) is 7.42. The molecule has 1 atom stereocenters. The Balaban J connectivity index is 1.68. The second-order valence-electron chi connectivity index (χ2n) is 5.22. The van der Waals surface area contributed by atoms with Gasteiger partial charge in [0.05, 0.1) is 0 Å². The van der Waals surface area contributed by atoms with Crippen molar-refractivity contribution in [1.82, 2.24) is 0 Å². The van der Waals surface area contributed by atoms with E-state index in [1.54, 1.807) is 0 Å². The van der Waals surface area contributed by atoms with Crippen LogP contribution in [-0.4, -0.2) is 11.5 Å². The van der Waals surface area contributed by atoms with Crippen LogP contribution in [0.3, 0.4) is 0 Å². The van der Waals surface area contributed by atoms with Crippen molar-refractivity contribution >= 4 is 25.6 Å². The summed E-state index contributed by atoms with van der Waals surface area (Å²) in [5.41, 5.74) is 2.56. The van der Waals surface area contributed by atoms with Crippen LogP contribution in [0.15, 0.2) is 72.8 Å². The highest BCUT2D eigenvalue weighted by molar-refractivity contribution is 7.41. The van der Waals surface area contributed by atoms with E-state index < -0.39 is 0 Å². The van der Waals surface area contributed by atoms with E-state index >= 15 is 0 Å². The third kappa shape index (κ3) is 4.03. The van der Waals surface area contributed by atoms with Crippen molar-refractivity contribution in [2.24, 2.45) is 5.92 Å². The maximum Gasteiger partial charge on any atom is 0.00679 e. The van der Waals surface area contributed by atoms with E-state index in [0.29, 0.717) is 5.92 Å². The molecular formula is C20H19P. The van der Waals surface area contributed by atoms with E-state index in [9.17, 15) is 0 Å². The molecule has 1 unspecified atom stereocenters. The van der Waals surface area contributed by atoms with Crippen LogP contribution in [0.5, 0.6) is 0 Å². The van der Waals surface area contributed by atoms with Crippen LogP contribution >= 0.6 is 8.20 Å². The number of rotatable bonds is 4. The number of allylic oxidation sites excluding steroid dienone is 2. The zero-order valence-corrected chi connectivity index (χ0v) is 12.9. The van der Waals surface area contributed by atoms with Crippen LogP contribution < -0.4 is 0 Å². The van der Waals surface area contributed by atoms with Gasteiger partial charge >= 0.3 is 0 Å². The number of hydrogen-bond acceptors (Lipinski definition) is 0. The van der Waals surface area contributed by atoms with Crippen LogP contribution in [0.25, 0.3) is 12.2 Å². The van der Waals surface area contributed by atoms with Crippen molar-refractivity contribution in [2.45, 2.75) is 6.42 Å². The highest BCUT2D eigenvalue weighted by Gasteiger charge is 2.14. The maximum atomic E-state index is 2.36. The predicted octanol–water partition coefficient (Wildman–Crippen LogP) is 5.55. The Labute approximate surface area is 128 Å². The molecule has 1 aliphatic heterocycles. The lowest BCUT2D eigenvalue weighted by Crippen LogP contribution is -2.02. The van der Waals surface area contributed by atoms with Crippen molar-refractivity contribution in [3.8, 4) is 0 Å². The van der Waals surface area contributed by atoms with Crippen LogP contribution in [0, 0.1) is 5.92 Å². The lowest BCUT2D eigenvalue weighted by Gasteiger charge is -2.05. The molecule has 0 aliphatic carbocycles. The van der Waals surface area contributed by atoms with E-state index in [1.165, 1.54) is 37.2 Å². The molecule has 0 spiro atoms. The predicted molar refractivity (Wildman–Crippen MR) is 95.9 cm³/mol. The fraction of sp³-hybridized carbons (Fsp3) is 0.150. The van der Waals surface area contributed by atoms with Crippen molar-refractivity contribution in [3.63, 3.8) is 0 Å². The summed E-state index contributed by atoms with van der Waals surface area (Å²) in [5, 5.41) is 1.53. The minimum atomic E-state index is 0.590. The topological polar surface area (TPSA) is 0 Å². The van der Waals surface area contributed by atoms with E-state index in [0.717, 1.165) is 0 Å². The molecule has 0 radical (unpaired) electrons. The summed E-state index contributed by atoms with van der Waals surface area (Å²) >= 11 is 0. The van der Waals surface area contributed by atoms with Gasteiger partial charge in [-0.1, -0.05) is 85.0 Å². The summed E-state index contributed by atoms with van der Waals surface area (Å²) in [6.07, 6.45) is 11.7. The van der Waals surface area contributed by atoms with Gasteiger partial charge in [0, 0.05) is 5.92 Å². The molecule has 0 N–H and O–H groups in total. The molecule has 0 amide bonds. The van der Waals surface area contributed by atoms with Gasteiger partial charge < -0.3 is 0 Å². The highest BCUT2D eigenvalue weighted by atomic mass is 31.1. The molecule has 104 valence electrons. The molecule has 21 heavy (non-hydrogen) atoms. The van der Waals surface area contributed by atoms with E-state index in [4.69, 9.17) is 0 Å². The largest absolute Gasteiger partial charge is 0.100 e. The lowest BCUT2D eigenvalue weighted by atomic mass is 10.00. The van der Waals surface area contributed by atoms with Gasteiger partial charge in [0.2, 0.25) is 0 Å². The van der Waals surface area contributed by atoms with E-state index in [2.05, 4.69) is 85.0 Å². The van der Waals surface area contributed by atoms with E-state index in [1.807, 2.05) is 0 Å². The van der Waals surface area contributed by atoms with Crippen LogP contribution in [-0.2, 0) is 0 Å². The maximum absolute atomic E-state index is 2.36. The van der Waals surface area contributed by atoms with Gasteiger partial charge in [-0.25, -0.2) is 0 Å². The molecular weight excluding hydrogens is 271 g/mol. The Morgan fingerprint density at radius 1 is 0.762 bits per heavy atom. The van der Waals surface area contributed by atoms with Gasteiger partial charge in [-0.3, -0.25) is 0 Å². The Bertz CT molecular complexity index is 651. The number of benzene rings is 2. The molecule has 0 saturated heterocycles. The minimum absolute atomic E-state index is 0.590. The van der Waals surface area contributed by atoms with Crippen molar-refractivity contribution in [3.05, 3.63) is 83.9 Å². The fourth-order valence-corrected chi connectivity index (χ4v) is 3.80. The monoisotopic (exact) mass is 290 g/mol. The third-order valence-electron chi connectivity index (χ3n) is 3.68. The second kappa shape index (κ2) is 7.20. The number of hydrogen-bond donors (Lipinski definition) is 0. The standard InChI is InChI=1S/C20H19P/c1-3-7-17(8-4-1)11-13-19-15-16-21-20(19)14-12-18-9-5-2-6-10-18/h1-14,19H,15-16H2. The fourth-order valence-electron chi connectivity index (χ4n) is 2.51. The Kier molecular flexibility index (Phi) is 4.82. The third-order valence-corrected chi connectivity index (χ3v) is 5.01. The first-order valence-corrected chi connectivity index (χ1v) is 8.50. The Morgan fingerprint density at radius 3 is 2.05 bits per heavy atom. The average Bonchev–Trinajstić information content (AvgIpc) is 3.00. The lowest BCUT2D eigenvalue weighted by molar-refractivity contribution is 0.857. The summed E-state index contributed by atoms with van der Waals surface area (Å²) in [5.74, 6) is 0.590. The molecule has 0 aromatic heterocycles. The molecule has 1 aliphatic rings. The highest BCUT2D eigenvalue weighted by Crippen LogP contribution is 2.27. The first kappa shape index (κ1) is 14.0. The molecule has 1 heterocycles. The Hall–Kier alpha value is -1.91. The summed E-state index contributed by atoms with van der Waals surface area (Å²) in [6, 6.07) is 21.1. The molecule has 0 bridgehead atoms. The van der Waals surface area contributed by atoms with E-state index in [-0.39, 0.29) is 0 Å². The van der Waals surface area contributed by atoms with Gasteiger partial charge in [0.15, 0.2) is 0 Å². The van der Waals surface area contributed by atoms with Crippen LogP contribution in [0.1, 0.15) is 17.5 Å². The molecule has 0 nitrogen and oxygen atoms in total. The molecule has 0 saturated carbocycles. The summed E-state index contributed by atoms with van der Waals surface area (Å²) in [4.78, 5) is 0. The zero-order valence-electron chi connectivity index (χ0n) is 12.0. The van der Waals surface area contributed by atoms with Gasteiger partial charge in [-0.15, -0.1) is 8.20 Å². The summed E-state index contributed by atoms with van der Waals surface area (Å²) in [7, 11) is 1.48. The van der Waals surface area contributed by atoms with Crippen molar-refractivity contribution in [1.29, 1.82) is 0 Å². The van der Waals surface area contributed by atoms with Gasteiger partial charge in [-0.2, -0.15) is 0 Å². The van der Waals surface area contributed by atoms with Crippen LogP contribution in [0.2, 0.25) is 0 Å². The first-order chi connectivity index (χ1) is 10.4. The quantitative estimate of drug-likeness (QED) is 0.647. The van der Waals surface area contributed by atoms with Crippen LogP contribution in [0.4, 0.5) is 0 Å². The second-order valence-corrected chi connectivity index (χ2v) is 6.50. The normalized spacial score (nSPS) is 19.2. The van der Waals surface area contributed by atoms with Gasteiger partial charge in [0.25, 0.3) is 0 Å². The molecule has 0 fully saturated rings. The smallest absolute Gasteiger partial charge is 0.00679 e. The Morgan fingerprint density at radius 2 is 1.38 bits per heavy atom. The SMILES string of the molecule is C(=Cc1ccccc1)C1=PCCC1C=Cc1ccccc1. The van der Waals surface area contributed by atoms with Crippen molar-refractivity contribution in [2.75, 3.05) is 6.16 Å². The molecule has 2 aromatic carbocycles. The van der Waals surface area contributed by atoms with Crippen molar-refractivity contribution < 1.29 is 0 Å². The molecule has 2 aromatic rings. The summed E-state index contributed by atoms with van der Waals surface area (Å²) in [6.45, 7) is 0. The molecule has 3 rings (SSSR count). The minimum Gasteiger partial charge on any atom is -0.100 e.